The van der Waals surface area contributed by atoms with E-state index in [4.69, 9.17) is 22.1 Å². The number of benzene rings is 2. The largest absolute Gasteiger partial charge is 0.488 e. The van der Waals surface area contributed by atoms with Gasteiger partial charge in [-0.2, -0.15) is 0 Å². The third kappa shape index (κ3) is 2.78. The van der Waals surface area contributed by atoms with Crippen molar-refractivity contribution in [1.82, 2.24) is 0 Å². The van der Waals surface area contributed by atoms with Crippen LogP contribution in [0.2, 0.25) is 5.02 Å². The van der Waals surface area contributed by atoms with E-state index in [1.807, 2.05) is 24.3 Å². The highest BCUT2D eigenvalue weighted by atomic mass is 35.5. The molecule has 0 bridgehead atoms. The van der Waals surface area contributed by atoms with Gasteiger partial charge in [0.1, 0.15) is 11.9 Å². The first-order valence-electron chi connectivity index (χ1n) is 6.53. The number of fused-ring (bicyclic) bond motifs is 1. The van der Waals surface area contributed by atoms with Crippen molar-refractivity contribution in [2.75, 3.05) is 6.54 Å². The van der Waals surface area contributed by atoms with E-state index in [1.165, 1.54) is 5.56 Å². The van der Waals surface area contributed by atoms with E-state index < -0.39 is 0 Å². The zero-order valence-corrected chi connectivity index (χ0v) is 12.6. The first-order chi connectivity index (χ1) is 9.29. The van der Waals surface area contributed by atoms with Gasteiger partial charge in [0.15, 0.2) is 0 Å². The molecule has 0 unspecified atom stereocenters. The van der Waals surface area contributed by atoms with Gasteiger partial charge in [0, 0.05) is 22.7 Å². The molecule has 2 nitrogen and oxygen atoms in total. The molecule has 20 heavy (non-hydrogen) atoms. The Labute approximate surface area is 130 Å². The maximum atomic E-state index is 6.29. The maximum absolute atomic E-state index is 6.29. The summed E-state index contributed by atoms with van der Waals surface area (Å²) in [6.45, 7) is 0.552. The van der Waals surface area contributed by atoms with Gasteiger partial charge in [0.25, 0.3) is 0 Å². The van der Waals surface area contributed by atoms with Gasteiger partial charge in [0.2, 0.25) is 0 Å². The van der Waals surface area contributed by atoms with E-state index in [0.717, 1.165) is 34.7 Å². The summed E-state index contributed by atoms with van der Waals surface area (Å²) in [4.78, 5) is 0. The van der Waals surface area contributed by atoms with Crippen molar-refractivity contribution >= 4 is 24.0 Å². The highest BCUT2D eigenvalue weighted by Gasteiger charge is 2.22. The maximum Gasteiger partial charge on any atom is 0.130 e. The molecule has 1 aliphatic heterocycles. The molecular weight excluding hydrogens is 293 g/mol. The van der Waals surface area contributed by atoms with Gasteiger partial charge in [0.05, 0.1) is 0 Å². The number of aryl methyl sites for hydroxylation is 1. The molecule has 2 aromatic rings. The Balaban J connectivity index is 0.00000147. The van der Waals surface area contributed by atoms with Gasteiger partial charge in [-0.25, -0.2) is 0 Å². The minimum Gasteiger partial charge on any atom is -0.488 e. The van der Waals surface area contributed by atoms with Gasteiger partial charge in [-0.3, -0.25) is 0 Å². The topological polar surface area (TPSA) is 35.2 Å². The lowest BCUT2D eigenvalue weighted by molar-refractivity contribution is 0.182. The molecule has 4 heteroatoms. The normalized spacial score (nSPS) is 16.8. The molecule has 2 N–H and O–H groups in total. The van der Waals surface area contributed by atoms with Crippen LogP contribution in [0.25, 0.3) is 11.1 Å². The summed E-state index contributed by atoms with van der Waals surface area (Å²) < 4.78 is 6.04. The first kappa shape index (κ1) is 15.2. The number of halogens is 2. The smallest absolute Gasteiger partial charge is 0.130 e. The van der Waals surface area contributed by atoms with E-state index in [-0.39, 0.29) is 18.5 Å². The Kier molecular flexibility index (Phi) is 4.92. The zero-order chi connectivity index (χ0) is 13.2. The Morgan fingerprint density at radius 2 is 1.85 bits per heavy atom. The van der Waals surface area contributed by atoms with E-state index in [1.54, 1.807) is 0 Å². The van der Waals surface area contributed by atoms with Crippen molar-refractivity contribution in [3.8, 4) is 16.9 Å². The van der Waals surface area contributed by atoms with Crippen LogP contribution in [0.15, 0.2) is 42.5 Å². The van der Waals surface area contributed by atoms with Crippen molar-refractivity contribution in [2.24, 2.45) is 5.73 Å². The number of hydrogen-bond donors (Lipinski definition) is 1. The Hall–Kier alpha value is -1.22. The highest BCUT2D eigenvalue weighted by molar-refractivity contribution is 6.33. The lowest BCUT2D eigenvalue weighted by Crippen LogP contribution is -2.30. The highest BCUT2D eigenvalue weighted by Crippen LogP contribution is 2.40. The number of para-hydroxylation sites is 1. The molecule has 0 aromatic heterocycles. The standard InChI is InChI=1S/C16H16ClNO.ClH/c17-15-7-2-1-5-13(15)14-6-3-4-11-8-9-12(10-18)19-16(11)14;/h1-7,12H,8-10,18H2;1H/t12-;/m1./s1. The SMILES string of the molecule is Cl.NC[C@H]1CCc2cccc(-c3ccccc3Cl)c2O1. The Morgan fingerprint density at radius 1 is 1.10 bits per heavy atom. The molecule has 1 heterocycles. The minimum atomic E-state index is 0. The number of rotatable bonds is 2. The minimum absolute atomic E-state index is 0. The van der Waals surface area contributed by atoms with Crippen molar-refractivity contribution in [3.05, 3.63) is 53.1 Å². The predicted octanol–water partition coefficient (Wildman–Crippen LogP) is 4.08. The second-order valence-electron chi connectivity index (χ2n) is 4.79. The number of ether oxygens (including phenoxy) is 1. The van der Waals surface area contributed by atoms with Gasteiger partial charge >= 0.3 is 0 Å². The second kappa shape index (κ2) is 6.49. The van der Waals surface area contributed by atoms with Crippen molar-refractivity contribution in [3.63, 3.8) is 0 Å². The summed E-state index contributed by atoms with van der Waals surface area (Å²) in [6, 6.07) is 14.1. The van der Waals surface area contributed by atoms with E-state index in [9.17, 15) is 0 Å². The molecule has 0 amide bonds. The lowest BCUT2D eigenvalue weighted by atomic mass is 9.95. The quantitative estimate of drug-likeness (QED) is 0.907. The summed E-state index contributed by atoms with van der Waals surface area (Å²) in [6.07, 6.45) is 2.10. The van der Waals surface area contributed by atoms with Crippen molar-refractivity contribution in [1.29, 1.82) is 0 Å². The van der Waals surface area contributed by atoms with Crippen LogP contribution in [0.3, 0.4) is 0 Å². The van der Waals surface area contributed by atoms with E-state index >= 15 is 0 Å². The third-order valence-corrected chi connectivity index (χ3v) is 3.87. The Morgan fingerprint density at radius 3 is 2.60 bits per heavy atom. The molecule has 3 rings (SSSR count). The molecule has 0 radical (unpaired) electrons. The lowest BCUT2D eigenvalue weighted by Gasteiger charge is -2.27. The van der Waals surface area contributed by atoms with Gasteiger partial charge in [-0.05, 0) is 24.5 Å². The van der Waals surface area contributed by atoms with Gasteiger partial charge < -0.3 is 10.5 Å². The third-order valence-electron chi connectivity index (χ3n) is 3.54. The van der Waals surface area contributed by atoms with Crippen LogP contribution in [-0.2, 0) is 6.42 Å². The van der Waals surface area contributed by atoms with Crippen LogP contribution in [-0.4, -0.2) is 12.6 Å². The molecule has 1 atom stereocenters. The summed E-state index contributed by atoms with van der Waals surface area (Å²) in [5, 5.41) is 0.745. The summed E-state index contributed by atoms with van der Waals surface area (Å²) in [5.41, 5.74) is 9.04. The predicted molar refractivity (Wildman–Crippen MR) is 85.9 cm³/mol. The van der Waals surface area contributed by atoms with Gasteiger partial charge in [-0.1, -0.05) is 48.0 Å². The van der Waals surface area contributed by atoms with Crippen LogP contribution >= 0.6 is 24.0 Å². The number of hydrogen-bond acceptors (Lipinski definition) is 2. The fourth-order valence-corrected chi connectivity index (χ4v) is 2.76. The molecule has 106 valence electrons. The van der Waals surface area contributed by atoms with Crippen LogP contribution in [0.5, 0.6) is 5.75 Å². The van der Waals surface area contributed by atoms with Crippen LogP contribution in [0.1, 0.15) is 12.0 Å². The molecule has 2 aromatic carbocycles. The zero-order valence-electron chi connectivity index (χ0n) is 11.0. The van der Waals surface area contributed by atoms with Gasteiger partial charge in [-0.15, -0.1) is 12.4 Å². The van der Waals surface area contributed by atoms with E-state index in [2.05, 4.69) is 18.2 Å². The average Bonchev–Trinajstić information content (AvgIpc) is 2.47. The Bertz CT molecular complexity index is 601. The fraction of sp³-hybridized carbons (Fsp3) is 0.250. The molecule has 0 saturated carbocycles. The number of nitrogens with two attached hydrogens (primary N) is 1. The van der Waals surface area contributed by atoms with Crippen molar-refractivity contribution in [2.45, 2.75) is 18.9 Å². The fourth-order valence-electron chi connectivity index (χ4n) is 2.52. The van der Waals surface area contributed by atoms with Crippen LogP contribution in [0.4, 0.5) is 0 Å². The molecule has 1 aliphatic rings. The van der Waals surface area contributed by atoms with Crippen molar-refractivity contribution < 1.29 is 4.74 Å². The molecule has 0 saturated heterocycles. The summed E-state index contributed by atoms with van der Waals surface area (Å²) >= 11 is 6.29. The second-order valence-corrected chi connectivity index (χ2v) is 5.20. The van der Waals surface area contributed by atoms with E-state index in [0.29, 0.717) is 6.54 Å². The van der Waals surface area contributed by atoms with Crippen LogP contribution in [0, 0.1) is 0 Å². The average molecular weight is 310 g/mol. The molecular formula is C16H17Cl2NO. The molecule has 0 fully saturated rings. The molecule has 0 spiro atoms. The molecule has 0 aliphatic carbocycles. The summed E-state index contributed by atoms with van der Waals surface area (Å²) in [7, 11) is 0. The van der Waals surface area contributed by atoms with Crippen LogP contribution < -0.4 is 10.5 Å². The monoisotopic (exact) mass is 309 g/mol. The first-order valence-corrected chi connectivity index (χ1v) is 6.91. The summed E-state index contributed by atoms with van der Waals surface area (Å²) in [5.74, 6) is 0.942.